The Hall–Kier alpha value is -0.920. The molecule has 0 saturated heterocycles. The second kappa shape index (κ2) is 5.83. The highest BCUT2D eigenvalue weighted by Gasteiger charge is 2.40. The summed E-state index contributed by atoms with van der Waals surface area (Å²) in [5, 5.41) is 1.69. The maximum absolute atomic E-state index is 12.9. The van der Waals surface area contributed by atoms with Gasteiger partial charge in [-0.15, -0.1) is 11.3 Å². The normalized spacial score (nSPS) is 15.6. The number of rotatable bonds is 6. The van der Waals surface area contributed by atoms with Gasteiger partial charge < -0.3 is 4.74 Å². The van der Waals surface area contributed by atoms with Crippen molar-refractivity contribution in [1.82, 2.24) is 4.31 Å². The fraction of sp³-hybridized carbons (Fsp3) is 0.615. The molecule has 0 atom stereocenters. The lowest BCUT2D eigenvalue weighted by Gasteiger charge is -2.21. The molecule has 20 heavy (non-hydrogen) atoms. The van der Waals surface area contributed by atoms with Gasteiger partial charge in [0, 0.05) is 12.6 Å². The Labute approximate surface area is 123 Å². The van der Waals surface area contributed by atoms with Crippen LogP contribution in [0.2, 0.25) is 0 Å². The Morgan fingerprint density at radius 3 is 2.65 bits per heavy atom. The Kier molecular flexibility index (Phi) is 4.51. The smallest absolute Gasteiger partial charge is 0.349 e. The number of sulfonamides is 1. The molecule has 0 aliphatic heterocycles. The zero-order chi connectivity index (χ0) is 14.9. The standard InChI is InChI=1S/C13H19NO4S2/c1-4-7-14(10-5-6-10)20(16,17)12-9(2)8-19-11(12)13(15)18-3/h8,10H,4-7H2,1-3H3. The third kappa shape index (κ3) is 2.75. The molecule has 1 aromatic heterocycles. The van der Waals surface area contributed by atoms with E-state index < -0.39 is 16.0 Å². The molecule has 1 fully saturated rings. The first-order valence-corrected chi connectivity index (χ1v) is 8.93. The molecular weight excluding hydrogens is 298 g/mol. The van der Waals surface area contributed by atoms with E-state index in [1.54, 1.807) is 12.3 Å². The molecule has 0 aromatic carbocycles. The summed E-state index contributed by atoms with van der Waals surface area (Å²) in [5.41, 5.74) is 0.608. The lowest BCUT2D eigenvalue weighted by atomic mass is 10.3. The molecule has 1 aliphatic rings. The van der Waals surface area contributed by atoms with Crippen molar-refractivity contribution in [3.63, 3.8) is 0 Å². The molecule has 5 nitrogen and oxygen atoms in total. The Balaban J connectivity index is 2.47. The van der Waals surface area contributed by atoms with Gasteiger partial charge in [0.15, 0.2) is 0 Å². The minimum atomic E-state index is -3.63. The number of hydrogen-bond acceptors (Lipinski definition) is 5. The van der Waals surface area contributed by atoms with Gasteiger partial charge in [0.1, 0.15) is 9.77 Å². The van der Waals surface area contributed by atoms with Crippen molar-refractivity contribution in [1.29, 1.82) is 0 Å². The molecular formula is C13H19NO4S2. The number of hydrogen-bond donors (Lipinski definition) is 0. The van der Waals surface area contributed by atoms with Crippen molar-refractivity contribution in [3.8, 4) is 0 Å². The highest BCUT2D eigenvalue weighted by molar-refractivity contribution is 7.89. The SMILES string of the molecule is CCCN(C1CC1)S(=O)(=O)c1c(C)csc1C(=O)OC. The van der Waals surface area contributed by atoms with E-state index in [4.69, 9.17) is 0 Å². The summed E-state index contributed by atoms with van der Waals surface area (Å²) < 4.78 is 31.9. The van der Waals surface area contributed by atoms with Gasteiger partial charge in [-0.25, -0.2) is 13.2 Å². The van der Waals surface area contributed by atoms with Crippen molar-refractivity contribution in [2.45, 2.75) is 44.0 Å². The van der Waals surface area contributed by atoms with Gasteiger partial charge in [0.25, 0.3) is 0 Å². The van der Waals surface area contributed by atoms with E-state index in [1.807, 2.05) is 6.92 Å². The number of aryl methyl sites for hydroxylation is 1. The monoisotopic (exact) mass is 317 g/mol. The van der Waals surface area contributed by atoms with Gasteiger partial charge >= 0.3 is 5.97 Å². The molecule has 0 N–H and O–H groups in total. The summed E-state index contributed by atoms with van der Waals surface area (Å²) in [6.45, 7) is 4.16. The Bertz CT molecular complexity index is 602. The first-order chi connectivity index (χ1) is 9.43. The average molecular weight is 317 g/mol. The van der Waals surface area contributed by atoms with Gasteiger partial charge in [-0.1, -0.05) is 6.92 Å². The minimum absolute atomic E-state index is 0.0877. The van der Waals surface area contributed by atoms with Gasteiger partial charge in [-0.3, -0.25) is 0 Å². The zero-order valence-electron chi connectivity index (χ0n) is 11.9. The third-order valence-electron chi connectivity index (χ3n) is 3.25. The number of esters is 1. The van der Waals surface area contributed by atoms with E-state index in [-0.39, 0.29) is 15.8 Å². The average Bonchev–Trinajstić information content (AvgIpc) is 3.16. The second-order valence-electron chi connectivity index (χ2n) is 4.92. The van der Waals surface area contributed by atoms with Gasteiger partial charge in [-0.05, 0) is 37.1 Å². The van der Waals surface area contributed by atoms with Crippen LogP contribution in [-0.2, 0) is 14.8 Å². The molecule has 7 heteroatoms. The largest absolute Gasteiger partial charge is 0.465 e. The van der Waals surface area contributed by atoms with Crippen molar-refractivity contribution in [3.05, 3.63) is 15.8 Å². The van der Waals surface area contributed by atoms with Crippen LogP contribution >= 0.6 is 11.3 Å². The molecule has 1 aromatic rings. The fourth-order valence-electron chi connectivity index (χ4n) is 2.19. The maximum Gasteiger partial charge on any atom is 0.349 e. The summed E-state index contributed by atoms with van der Waals surface area (Å²) >= 11 is 1.12. The predicted octanol–water partition coefficient (Wildman–Crippen LogP) is 2.41. The summed E-state index contributed by atoms with van der Waals surface area (Å²) in [5.74, 6) is -0.589. The van der Waals surface area contributed by atoms with Crippen molar-refractivity contribution in [2.75, 3.05) is 13.7 Å². The van der Waals surface area contributed by atoms with Crippen LogP contribution in [0, 0.1) is 6.92 Å². The fourth-order valence-corrected chi connectivity index (χ4v) is 5.63. The molecule has 112 valence electrons. The number of nitrogens with zero attached hydrogens (tertiary/aromatic N) is 1. The number of carbonyl (C=O) groups is 1. The first-order valence-electron chi connectivity index (χ1n) is 6.61. The summed E-state index contributed by atoms with van der Waals surface area (Å²) in [6.07, 6.45) is 2.55. The minimum Gasteiger partial charge on any atom is -0.465 e. The molecule has 0 spiro atoms. The van der Waals surface area contributed by atoms with Crippen LogP contribution in [0.25, 0.3) is 0 Å². The lowest BCUT2D eigenvalue weighted by Crippen LogP contribution is -2.34. The van der Waals surface area contributed by atoms with Crippen LogP contribution in [0.3, 0.4) is 0 Å². The molecule has 1 saturated carbocycles. The van der Waals surface area contributed by atoms with Crippen molar-refractivity contribution < 1.29 is 17.9 Å². The number of ether oxygens (including phenoxy) is 1. The van der Waals surface area contributed by atoms with Gasteiger partial charge in [-0.2, -0.15) is 4.31 Å². The maximum atomic E-state index is 12.9. The topological polar surface area (TPSA) is 63.7 Å². The predicted molar refractivity (Wildman–Crippen MR) is 77.6 cm³/mol. The summed E-state index contributed by atoms with van der Waals surface area (Å²) in [4.78, 5) is 12.1. The quantitative estimate of drug-likeness (QED) is 0.756. The van der Waals surface area contributed by atoms with Crippen molar-refractivity contribution in [2.24, 2.45) is 0 Å². The summed E-state index contributed by atoms with van der Waals surface area (Å²) in [7, 11) is -2.37. The van der Waals surface area contributed by atoms with E-state index in [0.29, 0.717) is 12.1 Å². The highest BCUT2D eigenvalue weighted by Crippen LogP contribution is 2.36. The van der Waals surface area contributed by atoms with E-state index in [2.05, 4.69) is 4.74 Å². The highest BCUT2D eigenvalue weighted by atomic mass is 32.2. The number of methoxy groups -OCH3 is 1. The van der Waals surface area contributed by atoms with E-state index >= 15 is 0 Å². The zero-order valence-corrected chi connectivity index (χ0v) is 13.5. The lowest BCUT2D eigenvalue weighted by molar-refractivity contribution is 0.0602. The number of carbonyl (C=O) groups excluding carboxylic acids is 1. The third-order valence-corrected chi connectivity index (χ3v) is 6.60. The Morgan fingerprint density at radius 2 is 2.15 bits per heavy atom. The Morgan fingerprint density at radius 1 is 1.50 bits per heavy atom. The molecule has 0 amide bonds. The molecule has 0 unspecified atom stereocenters. The van der Waals surface area contributed by atoms with E-state index in [9.17, 15) is 13.2 Å². The van der Waals surface area contributed by atoms with Gasteiger partial charge in [0.2, 0.25) is 10.0 Å². The van der Waals surface area contributed by atoms with Crippen LogP contribution in [0.5, 0.6) is 0 Å². The molecule has 1 aliphatic carbocycles. The molecule has 2 rings (SSSR count). The molecule has 0 bridgehead atoms. The van der Waals surface area contributed by atoms with Crippen LogP contribution in [0.4, 0.5) is 0 Å². The summed E-state index contributed by atoms with van der Waals surface area (Å²) in [6, 6.07) is 0.0877. The van der Waals surface area contributed by atoms with Crippen LogP contribution < -0.4 is 0 Å². The van der Waals surface area contributed by atoms with Crippen LogP contribution in [0.1, 0.15) is 41.4 Å². The van der Waals surface area contributed by atoms with Crippen LogP contribution in [-0.4, -0.2) is 38.4 Å². The molecule has 0 radical (unpaired) electrons. The van der Waals surface area contributed by atoms with E-state index in [0.717, 1.165) is 30.6 Å². The number of thiophene rings is 1. The first kappa shape index (κ1) is 15.5. The second-order valence-corrected chi connectivity index (χ2v) is 7.62. The van der Waals surface area contributed by atoms with E-state index in [1.165, 1.54) is 11.4 Å². The van der Waals surface area contributed by atoms with Crippen molar-refractivity contribution >= 4 is 27.3 Å². The molecule has 1 heterocycles. The van der Waals surface area contributed by atoms with Gasteiger partial charge in [0.05, 0.1) is 7.11 Å². The van der Waals surface area contributed by atoms with Crippen LogP contribution in [0.15, 0.2) is 10.3 Å².